The molecule has 2 N–H and O–H groups in total. The van der Waals surface area contributed by atoms with Crippen LogP contribution in [-0.4, -0.2) is 34.3 Å². The molecule has 0 saturated carbocycles. The minimum atomic E-state index is -0.204. The van der Waals surface area contributed by atoms with Gasteiger partial charge in [-0.15, -0.1) is 10.2 Å². The molecule has 0 radical (unpaired) electrons. The quantitative estimate of drug-likeness (QED) is 0.520. The van der Waals surface area contributed by atoms with Gasteiger partial charge in [-0.2, -0.15) is 0 Å². The summed E-state index contributed by atoms with van der Waals surface area (Å²) in [6, 6.07) is 14.8. The van der Waals surface area contributed by atoms with Crippen molar-refractivity contribution in [2.45, 2.75) is 19.9 Å². The normalized spacial score (nSPS) is 11.4. The van der Waals surface area contributed by atoms with E-state index in [1.54, 1.807) is 19.4 Å². The second-order valence-electron chi connectivity index (χ2n) is 6.13. The van der Waals surface area contributed by atoms with E-state index in [-0.39, 0.29) is 5.82 Å². The average Bonchev–Trinajstić information content (AvgIpc) is 3.15. The standard InChI is InChI=1S/C20H23FN6/c1-15-12-17(21)9-8-16(15)10-11-23-20(22-2)24-13-19-26-25-14-27(19)18-6-4-3-5-7-18/h3-9,12,14H,10-11,13H2,1-2H3,(H2,22,23,24). The van der Waals surface area contributed by atoms with Crippen LogP contribution in [0.25, 0.3) is 5.69 Å². The predicted octanol–water partition coefficient (Wildman–Crippen LogP) is 2.62. The molecular weight excluding hydrogens is 343 g/mol. The molecule has 27 heavy (non-hydrogen) atoms. The van der Waals surface area contributed by atoms with Gasteiger partial charge in [0.25, 0.3) is 0 Å². The molecule has 0 aliphatic heterocycles. The summed E-state index contributed by atoms with van der Waals surface area (Å²) in [6.45, 7) is 3.10. The molecule has 0 amide bonds. The molecule has 2 aromatic carbocycles. The van der Waals surface area contributed by atoms with Crippen molar-refractivity contribution in [3.05, 3.63) is 77.6 Å². The number of rotatable bonds is 6. The third kappa shape index (κ3) is 4.91. The van der Waals surface area contributed by atoms with Crippen molar-refractivity contribution in [2.24, 2.45) is 4.99 Å². The van der Waals surface area contributed by atoms with Crippen LogP contribution >= 0.6 is 0 Å². The number of aryl methyl sites for hydroxylation is 1. The Labute approximate surface area is 158 Å². The summed E-state index contributed by atoms with van der Waals surface area (Å²) in [7, 11) is 1.72. The molecule has 0 saturated heterocycles. The SMILES string of the molecule is CN=C(NCCc1ccc(F)cc1C)NCc1nncn1-c1ccccc1. The van der Waals surface area contributed by atoms with Gasteiger partial charge >= 0.3 is 0 Å². The maximum Gasteiger partial charge on any atom is 0.191 e. The summed E-state index contributed by atoms with van der Waals surface area (Å²) in [5.74, 6) is 1.26. The highest BCUT2D eigenvalue weighted by Crippen LogP contribution is 2.10. The molecule has 1 aromatic heterocycles. The summed E-state index contributed by atoms with van der Waals surface area (Å²) in [6.07, 6.45) is 2.48. The number of hydrogen-bond acceptors (Lipinski definition) is 3. The second kappa shape index (κ2) is 8.93. The lowest BCUT2D eigenvalue weighted by Gasteiger charge is -2.13. The Hall–Kier alpha value is -3.22. The molecule has 0 aliphatic rings. The third-order valence-corrected chi connectivity index (χ3v) is 4.28. The second-order valence-corrected chi connectivity index (χ2v) is 6.13. The van der Waals surface area contributed by atoms with Crippen molar-refractivity contribution in [1.29, 1.82) is 0 Å². The van der Waals surface area contributed by atoms with Crippen LogP contribution in [0.2, 0.25) is 0 Å². The Balaban J connectivity index is 1.54. The molecule has 1 heterocycles. The smallest absolute Gasteiger partial charge is 0.191 e. The fourth-order valence-electron chi connectivity index (χ4n) is 2.82. The lowest BCUT2D eigenvalue weighted by molar-refractivity contribution is 0.625. The van der Waals surface area contributed by atoms with Crippen LogP contribution in [0.1, 0.15) is 17.0 Å². The zero-order valence-corrected chi connectivity index (χ0v) is 15.5. The van der Waals surface area contributed by atoms with Gasteiger partial charge in [0.2, 0.25) is 0 Å². The van der Waals surface area contributed by atoms with Crippen LogP contribution in [-0.2, 0) is 13.0 Å². The van der Waals surface area contributed by atoms with Crippen molar-refractivity contribution in [3.63, 3.8) is 0 Å². The van der Waals surface area contributed by atoms with Crippen molar-refractivity contribution in [2.75, 3.05) is 13.6 Å². The third-order valence-electron chi connectivity index (χ3n) is 4.28. The van der Waals surface area contributed by atoms with Crippen LogP contribution < -0.4 is 10.6 Å². The number of guanidine groups is 1. The number of nitrogens with one attached hydrogen (secondary N) is 2. The molecule has 0 aliphatic carbocycles. The molecule has 0 atom stereocenters. The number of para-hydroxylation sites is 1. The lowest BCUT2D eigenvalue weighted by Crippen LogP contribution is -2.38. The van der Waals surface area contributed by atoms with Gasteiger partial charge in [0, 0.05) is 19.3 Å². The first-order valence-electron chi connectivity index (χ1n) is 8.81. The lowest BCUT2D eigenvalue weighted by atomic mass is 10.1. The Kier molecular flexibility index (Phi) is 6.14. The Bertz CT molecular complexity index is 904. The van der Waals surface area contributed by atoms with Gasteiger partial charge in [-0.3, -0.25) is 9.56 Å². The number of aliphatic imine (C=N–C) groups is 1. The topological polar surface area (TPSA) is 67.1 Å². The van der Waals surface area contributed by atoms with Crippen LogP contribution in [0.4, 0.5) is 4.39 Å². The van der Waals surface area contributed by atoms with Gasteiger partial charge in [0.1, 0.15) is 12.1 Å². The number of benzene rings is 2. The largest absolute Gasteiger partial charge is 0.356 e. The molecule has 3 aromatic rings. The summed E-state index contributed by atoms with van der Waals surface area (Å²) < 4.78 is 15.1. The van der Waals surface area contributed by atoms with E-state index in [2.05, 4.69) is 25.8 Å². The van der Waals surface area contributed by atoms with E-state index in [0.717, 1.165) is 29.1 Å². The van der Waals surface area contributed by atoms with E-state index in [4.69, 9.17) is 0 Å². The van der Waals surface area contributed by atoms with Crippen LogP contribution in [0.15, 0.2) is 59.9 Å². The zero-order chi connectivity index (χ0) is 19.1. The Morgan fingerprint density at radius 3 is 2.70 bits per heavy atom. The van der Waals surface area contributed by atoms with Crippen LogP contribution in [0, 0.1) is 12.7 Å². The first-order chi connectivity index (χ1) is 13.2. The van der Waals surface area contributed by atoms with Gasteiger partial charge in [-0.05, 0) is 48.7 Å². The number of halogens is 1. The van der Waals surface area contributed by atoms with Gasteiger partial charge < -0.3 is 10.6 Å². The minimum absolute atomic E-state index is 0.204. The van der Waals surface area contributed by atoms with Crippen molar-refractivity contribution >= 4 is 5.96 Å². The molecule has 3 rings (SSSR count). The van der Waals surface area contributed by atoms with E-state index in [1.165, 1.54) is 6.07 Å². The Morgan fingerprint density at radius 1 is 1.15 bits per heavy atom. The minimum Gasteiger partial charge on any atom is -0.356 e. The molecule has 6 nitrogen and oxygen atoms in total. The first-order valence-corrected chi connectivity index (χ1v) is 8.81. The van der Waals surface area contributed by atoms with Gasteiger partial charge in [0.05, 0.1) is 6.54 Å². The van der Waals surface area contributed by atoms with Gasteiger partial charge in [0.15, 0.2) is 11.8 Å². The molecular formula is C20H23FN6. The van der Waals surface area contributed by atoms with E-state index in [1.807, 2.05) is 47.9 Å². The summed E-state index contributed by atoms with van der Waals surface area (Å²) in [5.41, 5.74) is 3.08. The van der Waals surface area contributed by atoms with Crippen LogP contribution in [0.5, 0.6) is 0 Å². The van der Waals surface area contributed by atoms with Crippen LogP contribution in [0.3, 0.4) is 0 Å². The molecule has 7 heteroatoms. The fraction of sp³-hybridized carbons (Fsp3) is 0.250. The Morgan fingerprint density at radius 2 is 1.96 bits per heavy atom. The summed E-state index contributed by atoms with van der Waals surface area (Å²) in [4.78, 5) is 4.23. The first kappa shape index (κ1) is 18.6. The summed E-state index contributed by atoms with van der Waals surface area (Å²) in [5, 5.41) is 14.7. The van der Waals surface area contributed by atoms with Gasteiger partial charge in [-0.1, -0.05) is 24.3 Å². The maximum atomic E-state index is 13.2. The highest BCUT2D eigenvalue weighted by atomic mass is 19.1. The van der Waals surface area contributed by atoms with E-state index >= 15 is 0 Å². The number of hydrogen-bond donors (Lipinski definition) is 2. The van der Waals surface area contributed by atoms with Crippen molar-refractivity contribution in [3.8, 4) is 5.69 Å². The van der Waals surface area contributed by atoms with Gasteiger partial charge in [-0.25, -0.2) is 4.39 Å². The summed E-state index contributed by atoms with van der Waals surface area (Å²) >= 11 is 0. The number of aromatic nitrogens is 3. The highest BCUT2D eigenvalue weighted by Gasteiger charge is 2.07. The van der Waals surface area contributed by atoms with E-state index in [9.17, 15) is 4.39 Å². The maximum absolute atomic E-state index is 13.2. The molecule has 0 unspecified atom stereocenters. The highest BCUT2D eigenvalue weighted by molar-refractivity contribution is 5.79. The van der Waals surface area contributed by atoms with Crippen molar-refractivity contribution in [1.82, 2.24) is 25.4 Å². The number of nitrogens with zero attached hydrogens (tertiary/aromatic N) is 4. The van der Waals surface area contributed by atoms with Crippen molar-refractivity contribution < 1.29 is 4.39 Å². The fourth-order valence-corrected chi connectivity index (χ4v) is 2.82. The molecule has 0 bridgehead atoms. The van der Waals surface area contributed by atoms with E-state index < -0.39 is 0 Å². The monoisotopic (exact) mass is 366 g/mol. The van der Waals surface area contributed by atoms with E-state index in [0.29, 0.717) is 19.0 Å². The zero-order valence-electron chi connectivity index (χ0n) is 15.5. The average molecular weight is 366 g/mol. The molecule has 0 spiro atoms. The molecule has 140 valence electrons. The molecule has 0 fully saturated rings. The predicted molar refractivity (Wildman–Crippen MR) is 104 cm³/mol.